The first-order valence-corrected chi connectivity index (χ1v) is 7.88. The fourth-order valence-corrected chi connectivity index (χ4v) is 2.11. The van der Waals surface area contributed by atoms with E-state index in [2.05, 4.69) is 25.9 Å². The van der Waals surface area contributed by atoms with E-state index in [1.807, 2.05) is 19.9 Å². The molecular formula is C17H23N5O2. The van der Waals surface area contributed by atoms with E-state index in [1.165, 1.54) is 0 Å². The third-order valence-corrected chi connectivity index (χ3v) is 3.26. The van der Waals surface area contributed by atoms with Crippen LogP contribution in [0.4, 0.5) is 11.8 Å². The van der Waals surface area contributed by atoms with Crippen LogP contribution in [0.5, 0.6) is 5.75 Å². The largest absolute Gasteiger partial charge is 0.497 e. The molecule has 0 aliphatic heterocycles. The van der Waals surface area contributed by atoms with Crippen molar-refractivity contribution < 1.29 is 9.53 Å². The first-order chi connectivity index (χ1) is 11.6. The van der Waals surface area contributed by atoms with Gasteiger partial charge in [-0.15, -0.1) is 0 Å². The predicted octanol–water partition coefficient (Wildman–Crippen LogP) is 2.07. The number of methoxy groups -OCH3 is 1. The fourth-order valence-electron chi connectivity index (χ4n) is 2.11. The summed E-state index contributed by atoms with van der Waals surface area (Å²) in [4.78, 5) is 20.7. The van der Waals surface area contributed by atoms with Gasteiger partial charge in [-0.1, -0.05) is 0 Å². The van der Waals surface area contributed by atoms with Crippen molar-refractivity contribution in [2.45, 2.75) is 13.8 Å². The monoisotopic (exact) mass is 329 g/mol. The number of nitrogens with zero attached hydrogens (tertiary/aromatic N) is 2. The zero-order valence-corrected chi connectivity index (χ0v) is 14.2. The number of hydrogen-bond acceptors (Lipinski definition) is 6. The number of nitrogens with one attached hydrogen (secondary N) is 3. The lowest BCUT2D eigenvalue weighted by Gasteiger charge is -2.10. The molecule has 7 nitrogen and oxygen atoms in total. The molecular weight excluding hydrogens is 306 g/mol. The maximum Gasteiger partial charge on any atom is 0.251 e. The molecule has 7 heteroatoms. The number of aryl methyl sites for hydroxylation is 1. The molecule has 0 unspecified atom stereocenters. The molecule has 0 spiro atoms. The van der Waals surface area contributed by atoms with Gasteiger partial charge in [0.2, 0.25) is 5.95 Å². The number of amides is 1. The maximum atomic E-state index is 12.0. The molecule has 0 radical (unpaired) electrons. The SMILES string of the molecule is CCNc1cc(C)nc(NCCNC(=O)c2ccc(OC)cc2)n1. The molecule has 128 valence electrons. The molecule has 0 saturated carbocycles. The third kappa shape index (κ3) is 5.12. The fraction of sp³-hybridized carbons (Fsp3) is 0.353. The van der Waals surface area contributed by atoms with Gasteiger partial charge in [0.1, 0.15) is 11.6 Å². The Bertz CT molecular complexity index is 673. The first kappa shape index (κ1) is 17.5. The molecule has 1 amide bonds. The Morgan fingerprint density at radius 2 is 1.88 bits per heavy atom. The quantitative estimate of drug-likeness (QED) is 0.643. The summed E-state index contributed by atoms with van der Waals surface area (Å²) in [5.74, 6) is 1.93. The Kier molecular flexibility index (Phi) is 6.36. The smallest absolute Gasteiger partial charge is 0.251 e. The van der Waals surface area contributed by atoms with Gasteiger partial charge in [0, 0.05) is 37.0 Å². The number of hydrogen-bond donors (Lipinski definition) is 3. The van der Waals surface area contributed by atoms with E-state index in [-0.39, 0.29) is 5.91 Å². The lowest BCUT2D eigenvalue weighted by Crippen LogP contribution is -2.29. The van der Waals surface area contributed by atoms with Crippen LogP contribution in [0.2, 0.25) is 0 Å². The van der Waals surface area contributed by atoms with E-state index in [1.54, 1.807) is 31.4 Å². The van der Waals surface area contributed by atoms with Gasteiger partial charge in [-0.2, -0.15) is 4.98 Å². The van der Waals surface area contributed by atoms with Crippen LogP contribution in [-0.4, -0.2) is 42.6 Å². The second kappa shape index (κ2) is 8.71. The standard InChI is InChI=1S/C17H23N5O2/c1-4-18-15-11-12(2)21-17(22-15)20-10-9-19-16(23)13-5-7-14(24-3)8-6-13/h5-8,11H,4,9-10H2,1-3H3,(H,19,23)(H2,18,20,21,22). The second-order valence-electron chi connectivity index (χ2n) is 5.16. The van der Waals surface area contributed by atoms with Crippen LogP contribution in [0, 0.1) is 6.92 Å². The summed E-state index contributed by atoms with van der Waals surface area (Å²) >= 11 is 0. The van der Waals surface area contributed by atoms with Gasteiger partial charge in [0.15, 0.2) is 0 Å². The number of ether oxygens (including phenoxy) is 1. The van der Waals surface area contributed by atoms with Gasteiger partial charge in [-0.05, 0) is 38.1 Å². The van der Waals surface area contributed by atoms with E-state index < -0.39 is 0 Å². The third-order valence-electron chi connectivity index (χ3n) is 3.26. The Balaban J connectivity index is 1.80. The van der Waals surface area contributed by atoms with Crippen LogP contribution < -0.4 is 20.7 Å². The number of benzene rings is 1. The number of anilines is 2. The number of rotatable bonds is 8. The van der Waals surface area contributed by atoms with E-state index in [0.29, 0.717) is 24.6 Å². The van der Waals surface area contributed by atoms with Crippen LogP contribution in [0.15, 0.2) is 30.3 Å². The molecule has 1 heterocycles. The molecule has 1 aromatic carbocycles. The van der Waals surface area contributed by atoms with Crippen LogP contribution >= 0.6 is 0 Å². The highest BCUT2D eigenvalue weighted by molar-refractivity contribution is 5.94. The summed E-state index contributed by atoms with van der Waals surface area (Å²) in [5, 5.41) is 9.12. The number of carbonyl (C=O) groups is 1. The summed E-state index contributed by atoms with van der Waals surface area (Å²) in [6, 6.07) is 8.87. The summed E-state index contributed by atoms with van der Waals surface area (Å²) < 4.78 is 5.07. The predicted molar refractivity (Wildman–Crippen MR) is 94.7 cm³/mol. The maximum absolute atomic E-state index is 12.0. The minimum atomic E-state index is -0.127. The molecule has 24 heavy (non-hydrogen) atoms. The summed E-state index contributed by atoms with van der Waals surface area (Å²) in [6.07, 6.45) is 0. The van der Waals surface area contributed by atoms with Crippen molar-refractivity contribution in [3.63, 3.8) is 0 Å². The molecule has 0 saturated heterocycles. The first-order valence-electron chi connectivity index (χ1n) is 7.88. The Labute approximate surface area is 141 Å². The molecule has 0 fully saturated rings. The molecule has 0 aliphatic carbocycles. The highest BCUT2D eigenvalue weighted by atomic mass is 16.5. The van der Waals surface area contributed by atoms with Gasteiger partial charge in [0.25, 0.3) is 5.91 Å². The van der Waals surface area contributed by atoms with Crippen molar-refractivity contribution in [1.29, 1.82) is 0 Å². The van der Waals surface area contributed by atoms with Crippen LogP contribution in [0.25, 0.3) is 0 Å². The highest BCUT2D eigenvalue weighted by Crippen LogP contribution is 2.11. The van der Waals surface area contributed by atoms with Gasteiger partial charge in [-0.3, -0.25) is 4.79 Å². The van der Waals surface area contributed by atoms with Crippen molar-refractivity contribution >= 4 is 17.7 Å². The zero-order valence-electron chi connectivity index (χ0n) is 14.2. The molecule has 3 N–H and O–H groups in total. The van der Waals surface area contributed by atoms with Gasteiger partial charge >= 0.3 is 0 Å². The van der Waals surface area contributed by atoms with E-state index in [0.717, 1.165) is 23.8 Å². The van der Waals surface area contributed by atoms with Crippen molar-refractivity contribution in [3.8, 4) is 5.75 Å². The zero-order chi connectivity index (χ0) is 17.4. The number of carbonyl (C=O) groups excluding carboxylic acids is 1. The van der Waals surface area contributed by atoms with Crippen LogP contribution in [0.1, 0.15) is 23.0 Å². The lowest BCUT2D eigenvalue weighted by molar-refractivity contribution is 0.0955. The van der Waals surface area contributed by atoms with Crippen molar-refractivity contribution in [3.05, 3.63) is 41.6 Å². The Hall–Kier alpha value is -2.83. The molecule has 0 aliphatic rings. The molecule has 0 bridgehead atoms. The number of aromatic nitrogens is 2. The van der Waals surface area contributed by atoms with E-state index >= 15 is 0 Å². The average Bonchev–Trinajstić information content (AvgIpc) is 2.58. The van der Waals surface area contributed by atoms with E-state index in [4.69, 9.17) is 4.74 Å². The summed E-state index contributed by atoms with van der Waals surface area (Å²) in [5.41, 5.74) is 1.47. The Morgan fingerprint density at radius 1 is 1.12 bits per heavy atom. The summed E-state index contributed by atoms with van der Waals surface area (Å²) in [6.45, 7) is 5.74. The van der Waals surface area contributed by atoms with Crippen molar-refractivity contribution in [1.82, 2.24) is 15.3 Å². The summed E-state index contributed by atoms with van der Waals surface area (Å²) in [7, 11) is 1.59. The van der Waals surface area contributed by atoms with E-state index in [9.17, 15) is 4.79 Å². The Morgan fingerprint density at radius 3 is 2.54 bits per heavy atom. The topological polar surface area (TPSA) is 88.2 Å². The van der Waals surface area contributed by atoms with Crippen LogP contribution in [0.3, 0.4) is 0 Å². The normalized spacial score (nSPS) is 10.1. The average molecular weight is 329 g/mol. The van der Waals surface area contributed by atoms with Gasteiger partial charge in [-0.25, -0.2) is 4.98 Å². The molecule has 2 aromatic rings. The highest BCUT2D eigenvalue weighted by Gasteiger charge is 2.05. The van der Waals surface area contributed by atoms with Crippen molar-refractivity contribution in [2.75, 3.05) is 37.4 Å². The lowest BCUT2D eigenvalue weighted by atomic mass is 10.2. The van der Waals surface area contributed by atoms with Gasteiger partial charge in [0.05, 0.1) is 7.11 Å². The molecule has 2 rings (SSSR count). The second-order valence-corrected chi connectivity index (χ2v) is 5.16. The molecule has 0 atom stereocenters. The van der Waals surface area contributed by atoms with Crippen LogP contribution in [-0.2, 0) is 0 Å². The van der Waals surface area contributed by atoms with Crippen molar-refractivity contribution in [2.24, 2.45) is 0 Å². The minimum Gasteiger partial charge on any atom is -0.497 e. The molecule has 1 aromatic heterocycles. The van der Waals surface area contributed by atoms with Gasteiger partial charge < -0.3 is 20.7 Å². The minimum absolute atomic E-state index is 0.127.